The van der Waals surface area contributed by atoms with E-state index in [0.717, 1.165) is 4.68 Å². The summed E-state index contributed by atoms with van der Waals surface area (Å²) < 4.78 is 23.7. The average molecular weight is 292 g/mol. The number of nitrogens with zero attached hydrogens (tertiary/aromatic N) is 2. The molecule has 1 aromatic heterocycles. The summed E-state index contributed by atoms with van der Waals surface area (Å²) in [5, 5.41) is 6.92. The summed E-state index contributed by atoms with van der Waals surface area (Å²) in [6.07, 6.45) is 2.11. The second-order valence-electron chi connectivity index (χ2n) is 4.45. The van der Waals surface area contributed by atoms with Crippen molar-refractivity contribution >= 4 is 27.1 Å². The SMILES string of the molecule is Cn1ncc(NCC2CCS(=O)(=O)C2)c(Cl)c1=O. The number of halogens is 1. The molecule has 0 spiro atoms. The molecule has 1 fully saturated rings. The summed E-state index contributed by atoms with van der Waals surface area (Å²) >= 11 is 5.89. The van der Waals surface area contributed by atoms with Gasteiger partial charge in [-0.15, -0.1) is 0 Å². The van der Waals surface area contributed by atoms with Crippen LogP contribution in [0.5, 0.6) is 0 Å². The van der Waals surface area contributed by atoms with E-state index < -0.39 is 9.84 Å². The molecule has 2 rings (SSSR count). The van der Waals surface area contributed by atoms with E-state index in [0.29, 0.717) is 18.7 Å². The lowest BCUT2D eigenvalue weighted by molar-refractivity contribution is 0.596. The summed E-state index contributed by atoms with van der Waals surface area (Å²) in [6.45, 7) is 0.480. The lowest BCUT2D eigenvalue weighted by atomic mass is 10.1. The standard InChI is InChI=1S/C10H14ClN3O3S/c1-14-10(15)9(11)8(5-13-14)12-4-7-2-3-18(16,17)6-7/h5,7,12H,2-4,6H2,1H3. The van der Waals surface area contributed by atoms with Crippen molar-refractivity contribution in [1.82, 2.24) is 9.78 Å². The number of anilines is 1. The highest BCUT2D eigenvalue weighted by Gasteiger charge is 2.27. The van der Waals surface area contributed by atoms with E-state index in [9.17, 15) is 13.2 Å². The minimum atomic E-state index is -2.88. The van der Waals surface area contributed by atoms with Crippen LogP contribution < -0.4 is 10.9 Å². The van der Waals surface area contributed by atoms with Crippen LogP contribution in [0, 0.1) is 5.92 Å². The zero-order valence-electron chi connectivity index (χ0n) is 9.89. The van der Waals surface area contributed by atoms with Crippen LogP contribution in [0.15, 0.2) is 11.0 Å². The van der Waals surface area contributed by atoms with Crippen molar-refractivity contribution in [2.45, 2.75) is 6.42 Å². The maximum atomic E-state index is 11.5. The van der Waals surface area contributed by atoms with Crippen LogP contribution in [0.2, 0.25) is 5.02 Å². The van der Waals surface area contributed by atoms with Crippen LogP contribution in [0.25, 0.3) is 0 Å². The number of nitrogens with one attached hydrogen (secondary N) is 1. The maximum Gasteiger partial charge on any atom is 0.287 e. The zero-order valence-corrected chi connectivity index (χ0v) is 11.5. The minimum absolute atomic E-state index is 0.0649. The van der Waals surface area contributed by atoms with Gasteiger partial charge in [0.25, 0.3) is 5.56 Å². The summed E-state index contributed by atoms with van der Waals surface area (Å²) in [5.74, 6) is 0.493. The molecule has 0 amide bonds. The van der Waals surface area contributed by atoms with Crippen molar-refractivity contribution in [2.24, 2.45) is 13.0 Å². The fourth-order valence-electron chi connectivity index (χ4n) is 1.92. The van der Waals surface area contributed by atoms with Gasteiger partial charge in [-0.05, 0) is 12.3 Å². The molecule has 6 nitrogen and oxygen atoms in total. The first-order valence-corrected chi connectivity index (χ1v) is 7.75. The van der Waals surface area contributed by atoms with Crippen molar-refractivity contribution in [3.05, 3.63) is 21.6 Å². The molecule has 1 unspecified atom stereocenters. The molecule has 8 heteroatoms. The topological polar surface area (TPSA) is 81.1 Å². The Bertz CT molecular complexity index is 611. The van der Waals surface area contributed by atoms with E-state index in [4.69, 9.17) is 11.6 Å². The van der Waals surface area contributed by atoms with E-state index in [1.54, 1.807) is 0 Å². The molecule has 0 aromatic carbocycles. The molecule has 2 heterocycles. The van der Waals surface area contributed by atoms with Gasteiger partial charge < -0.3 is 5.32 Å². The number of sulfone groups is 1. The lowest BCUT2D eigenvalue weighted by Gasteiger charge is -2.11. The number of aromatic nitrogens is 2. The minimum Gasteiger partial charge on any atom is -0.382 e. The summed E-state index contributed by atoms with van der Waals surface area (Å²) in [5.41, 5.74) is 0.0739. The van der Waals surface area contributed by atoms with Gasteiger partial charge in [-0.25, -0.2) is 13.1 Å². The first-order valence-electron chi connectivity index (χ1n) is 5.55. The Morgan fingerprint density at radius 3 is 2.94 bits per heavy atom. The Balaban J connectivity index is 2.04. The molecule has 0 aliphatic carbocycles. The number of rotatable bonds is 3. The van der Waals surface area contributed by atoms with Gasteiger partial charge in [0.2, 0.25) is 0 Å². The molecule has 0 saturated carbocycles. The van der Waals surface area contributed by atoms with Crippen molar-refractivity contribution in [3.8, 4) is 0 Å². The van der Waals surface area contributed by atoms with Crippen LogP contribution in [-0.2, 0) is 16.9 Å². The largest absolute Gasteiger partial charge is 0.382 e. The monoisotopic (exact) mass is 291 g/mol. The zero-order chi connectivity index (χ0) is 13.3. The Labute approximate surface area is 110 Å². The van der Waals surface area contributed by atoms with E-state index in [1.165, 1.54) is 13.2 Å². The first kappa shape index (κ1) is 13.4. The predicted molar refractivity (Wildman–Crippen MR) is 69.7 cm³/mol. The van der Waals surface area contributed by atoms with Crippen molar-refractivity contribution < 1.29 is 8.42 Å². The molecule has 18 heavy (non-hydrogen) atoms. The molecular weight excluding hydrogens is 278 g/mol. The van der Waals surface area contributed by atoms with Crippen LogP contribution in [0.3, 0.4) is 0 Å². The maximum absolute atomic E-state index is 11.5. The quantitative estimate of drug-likeness (QED) is 0.865. The molecular formula is C10H14ClN3O3S. The molecule has 100 valence electrons. The third kappa shape index (κ3) is 2.84. The van der Waals surface area contributed by atoms with Gasteiger partial charge in [0.1, 0.15) is 5.02 Å². The van der Waals surface area contributed by atoms with E-state index in [2.05, 4.69) is 10.4 Å². The van der Waals surface area contributed by atoms with Crippen LogP contribution in [-0.4, -0.2) is 36.2 Å². The van der Waals surface area contributed by atoms with Gasteiger partial charge in [0.15, 0.2) is 9.84 Å². The molecule has 1 aliphatic rings. The fourth-order valence-corrected chi connectivity index (χ4v) is 4.02. The normalized spacial score (nSPS) is 22.0. The van der Waals surface area contributed by atoms with Crippen LogP contribution >= 0.6 is 11.6 Å². The Morgan fingerprint density at radius 1 is 1.61 bits per heavy atom. The summed E-state index contributed by atoms with van der Waals surface area (Å²) in [7, 11) is -1.36. The van der Waals surface area contributed by atoms with E-state index in [-0.39, 0.29) is 28.0 Å². The Kier molecular flexibility index (Phi) is 3.63. The molecule has 1 saturated heterocycles. The van der Waals surface area contributed by atoms with Gasteiger partial charge in [0.05, 0.1) is 23.4 Å². The van der Waals surface area contributed by atoms with Crippen LogP contribution in [0.4, 0.5) is 5.69 Å². The third-order valence-electron chi connectivity index (χ3n) is 2.99. The predicted octanol–water partition coefficient (Wildman–Crippen LogP) is 0.280. The van der Waals surface area contributed by atoms with Gasteiger partial charge in [0, 0.05) is 13.6 Å². The number of hydrogen-bond donors (Lipinski definition) is 1. The first-order chi connectivity index (χ1) is 8.39. The Morgan fingerprint density at radius 2 is 2.33 bits per heavy atom. The smallest absolute Gasteiger partial charge is 0.287 e. The third-order valence-corrected chi connectivity index (χ3v) is 5.19. The van der Waals surface area contributed by atoms with Crippen molar-refractivity contribution in [1.29, 1.82) is 0 Å². The van der Waals surface area contributed by atoms with Gasteiger partial charge in [-0.1, -0.05) is 11.6 Å². The molecule has 0 bridgehead atoms. The molecule has 0 radical (unpaired) electrons. The number of hydrogen-bond acceptors (Lipinski definition) is 5. The van der Waals surface area contributed by atoms with Crippen molar-refractivity contribution in [3.63, 3.8) is 0 Å². The Hall–Kier alpha value is -1.08. The highest BCUT2D eigenvalue weighted by atomic mass is 35.5. The second-order valence-corrected chi connectivity index (χ2v) is 7.06. The molecule has 1 aliphatic heterocycles. The molecule has 1 atom stereocenters. The molecule has 1 aromatic rings. The molecule has 1 N–H and O–H groups in total. The van der Waals surface area contributed by atoms with Gasteiger partial charge >= 0.3 is 0 Å². The fraction of sp³-hybridized carbons (Fsp3) is 0.600. The lowest BCUT2D eigenvalue weighted by Crippen LogP contribution is -2.23. The van der Waals surface area contributed by atoms with Crippen molar-refractivity contribution in [2.75, 3.05) is 23.4 Å². The van der Waals surface area contributed by atoms with Crippen LogP contribution in [0.1, 0.15) is 6.42 Å². The van der Waals surface area contributed by atoms with Gasteiger partial charge in [-0.2, -0.15) is 5.10 Å². The highest BCUT2D eigenvalue weighted by molar-refractivity contribution is 7.91. The highest BCUT2D eigenvalue weighted by Crippen LogP contribution is 2.21. The second kappa shape index (κ2) is 4.89. The average Bonchev–Trinajstić information content (AvgIpc) is 2.65. The van der Waals surface area contributed by atoms with E-state index in [1.807, 2.05) is 0 Å². The summed E-state index contributed by atoms with van der Waals surface area (Å²) in [6, 6.07) is 0. The summed E-state index contributed by atoms with van der Waals surface area (Å²) in [4.78, 5) is 11.5. The van der Waals surface area contributed by atoms with E-state index >= 15 is 0 Å². The van der Waals surface area contributed by atoms with Gasteiger partial charge in [-0.3, -0.25) is 4.79 Å². The number of aryl methyl sites for hydroxylation is 1.